The maximum atomic E-state index is 12.5. The van der Waals surface area contributed by atoms with E-state index in [1.807, 2.05) is 33.8 Å². The smallest absolute Gasteiger partial charge is 0.303 e. The molecule has 45 heavy (non-hydrogen) atoms. The van der Waals surface area contributed by atoms with E-state index in [4.69, 9.17) is 0 Å². The Morgan fingerprint density at radius 2 is 1.58 bits per heavy atom. The standard InChI is InChI=1S/C33H42N4O7S/c1-7-19-15(3)30(37-33(19)44)31(42)29-16(4)21(9-11-27(40)41)24(35-29)13-23-20(8-10-26(38)39)14(2)22(34-23)12-25-28(18(6)45)17(5)32(43)36-25/h7,12-13,15,17-18,28,30,34-35,37,42,44-45H,1,8-11H2,2-6H3,(H,36,43)(H,38,39)(H,40,41)/b24-13-,25-12-,31-29-/t15?,17-,18?,28+,30+/m1/s1. The Hall–Kier alpha value is -4.32. The van der Waals surface area contributed by atoms with Crippen LogP contribution in [0.4, 0.5) is 0 Å². The molecule has 11 nitrogen and oxygen atoms in total. The van der Waals surface area contributed by atoms with Gasteiger partial charge in [-0.05, 0) is 61.1 Å². The molecule has 0 aliphatic carbocycles. The van der Waals surface area contributed by atoms with Crippen molar-refractivity contribution in [3.05, 3.63) is 74.1 Å². The number of rotatable bonds is 11. The lowest BCUT2D eigenvalue weighted by Gasteiger charge is -2.17. The quantitative estimate of drug-likeness (QED) is 0.168. The third kappa shape index (κ3) is 6.70. The number of carbonyl (C=O) groups is 3. The summed E-state index contributed by atoms with van der Waals surface area (Å²) in [6.07, 6.45) is 5.37. The number of aliphatic hydroxyl groups is 2. The van der Waals surface area contributed by atoms with E-state index < -0.39 is 18.0 Å². The third-order valence-corrected chi connectivity index (χ3v) is 9.38. The highest BCUT2D eigenvalue weighted by molar-refractivity contribution is 7.80. The van der Waals surface area contributed by atoms with Crippen molar-refractivity contribution in [1.29, 1.82) is 0 Å². The number of carboxylic acids is 2. The average molecular weight is 639 g/mol. The number of amides is 1. The molecule has 4 heterocycles. The lowest BCUT2D eigenvalue weighted by atomic mass is 9.91. The van der Waals surface area contributed by atoms with Crippen LogP contribution in [0.2, 0.25) is 0 Å². The van der Waals surface area contributed by atoms with Crippen molar-refractivity contribution in [2.24, 2.45) is 17.8 Å². The fourth-order valence-electron chi connectivity index (χ4n) is 6.47. The Labute approximate surface area is 266 Å². The van der Waals surface area contributed by atoms with Gasteiger partial charge in [-0.2, -0.15) is 12.6 Å². The first-order valence-corrected chi connectivity index (χ1v) is 15.5. The van der Waals surface area contributed by atoms with E-state index in [2.05, 4.69) is 39.8 Å². The van der Waals surface area contributed by atoms with E-state index in [1.165, 1.54) is 6.08 Å². The Kier molecular flexibility index (Phi) is 9.96. The predicted molar refractivity (Wildman–Crippen MR) is 175 cm³/mol. The van der Waals surface area contributed by atoms with Gasteiger partial charge in [-0.3, -0.25) is 14.4 Å². The molecular formula is C33H42N4O7S. The van der Waals surface area contributed by atoms with Gasteiger partial charge in [0, 0.05) is 63.9 Å². The van der Waals surface area contributed by atoms with Gasteiger partial charge in [0.15, 0.2) is 5.88 Å². The fraction of sp³-hybridized carbons (Fsp3) is 0.424. The monoisotopic (exact) mass is 638 g/mol. The maximum Gasteiger partial charge on any atom is 0.303 e. The van der Waals surface area contributed by atoms with E-state index in [0.29, 0.717) is 38.8 Å². The van der Waals surface area contributed by atoms with Crippen LogP contribution in [-0.4, -0.2) is 59.5 Å². The molecule has 0 radical (unpaired) electrons. The molecule has 2 unspecified atom stereocenters. The minimum absolute atomic E-state index is 0.0446. The second kappa shape index (κ2) is 13.4. The molecular weight excluding hydrogens is 596 g/mol. The lowest BCUT2D eigenvalue weighted by Crippen LogP contribution is -2.34. The van der Waals surface area contributed by atoms with Gasteiger partial charge in [0.2, 0.25) is 5.91 Å². The summed E-state index contributed by atoms with van der Waals surface area (Å²) in [5.41, 5.74) is 5.55. The molecule has 8 N–H and O–H groups in total. The minimum atomic E-state index is -0.972. The first-order chi connectivity index (χ1) is 21.2. The van der Waals surface area contributed by atoms with Gasteiger partial charge in [0.05, 0.1) is 11.4 Å². The van der Waals surface area contributed by atoms with E-state index in [9.17, 15) is 34.8 Å². The number of aromatic amines is 2. The first-order valence-electron chi connectivity index (χ1n) is 15.0. The van der Waals surface area contributed by atoms with Crippen molar-refractivity contribution >= 4 is 48.4 Å². The topological polar surface area (TPSA) is 188 Å². The molecule has 5 atom stereocenters. The summed E-state index contributed by atoms with van der Waals surface area (Å²) in [6.45, 7) is 13.1. The van der Waals surface area contributed by atoms with Crippen LogP contribution < -0.4 is 21.3 Å². The molecule has 4 rings (SSSR count). The molecule has 0 saturated carbocycles. The molecule has 1 amide bonds. The Morgan fingerprint density at radius 1 is 0.956 bits per heavy atom. The van der Waals surface area contributed by atoms with Crippen LogP contribution in [0.15, 0.2) is 29.8 Å². The van der Waals surface area contributed by atoms with Crippen molar-refractivity contribution in [2.45, 2.75) is 71.6 Å². The maximum absolute atomic E-state index is 12.5. The van der Waals surface area contributed by atoms with Crippen molar-refractivity contribution in [3.63, 3.8) is 0 Å². The van der Waals surface area contributed by atoms with Crippen molar-refractivity contribution in [2.75, 3.05) is 0 Å². The zero-order valence-corrected chi connectivity index (χ0v) is 27.0. The highest BCUT2D eigenvalue weighted by Crippen LogP contribution is 2.34. The summed E-state index contributed by atoms with van der Waals surface area (Å²) in [6, 6.07) is -0.640. The molecule has 1 saturated heterocycles. The zero-order chi connectivity index (χ0) is 33.3. The number of H-pyrrole nitrogens is 2. The first kappa shape index (κ1) is 33.6. The number of nitrogens with one attached hydrogen (secondary N) is 4. The number of aliphatic hydroxyl groups excluding tert-OH is 2. The molecule has 2 aromatic heterocycles. The number of carbonyl (C=O) groups excluding carboxylic acids is 1. The number of allylic oxidation sites excluding steroid dienone is 2. The van der Waals surface area contributed by atoms with Crippen LogP contribution in [0.3, 0.4) is 0 Å². The van der Waals surface area contributed by atoms with Gasteiger partial charge in [-0.1, -0.05) is 33.4 Å². The second-order valence-electron chi connectivity index (χ2n) is 12.0. The summed E-state index contributed by atoms with van der Waals surface area (Å²) < 4.78 is 0. The number of hydrogen-bond donors (Lipinski definition) is 9. The van der Waals surface area contributed by atoms with Gasteiger partial charge in [-0.15, -0.1) is 0 Å². The van der Waals surface area contributed by atoms with Gasteiger partial charge < -0.3 is 41.0 Å². The molecule has 2 aromatic rings. The molecule has 2 aliphatic heterocycles. The van der Waals surface area contributed by atoms with Crippen molar-refractivity contribution < 1.29 is 34.8 Å². The SMILES string of the molecule is C=CC1=C(O)N[C@H](/C(O)=c2/[nH]/c(=C\c3[nH]c(/C=C4\NC(=O)[C@H](C)[C@H]4C(C)S)c(C)c3CCC(=O)O)c(CCC(=O)O)c2C)C1C. The Balaban J connectivity index is 1.91. The van der Waals surface area contributed by atoms with Crippen LogP contribution >= 0.6 is 12.6 Å². The normalized spacial score (nSPS) is 24.2. The van der Waals surface area contributed by atoms with E-state index >= 15 is 0 Å². The van der Waals surface area contributed by atoms with Gasteiger partial charge in [0.1, 0.15) is 5.76 Å². The third-order valence-electron chi connectivity index (χ3n) is 9.06. The summed E-state index contributed by atoms with van der Waals surface area (Å²) in [7, 11) is 0. The van der Waals surface area contributed by atoms with Crippen LogP contribution in [0.1, 0.15) is 67.3 Å². The molecule has 12 heteroatoms. The molecule has 2 aliphatic rings. The van der Waals surface area contributed by atoms with Crippen molar-refractivity contribution in [3.8, 4) is 0 Å². The fourth-order valence-corrected chi connectivity index (χ4v) is 6.89. The Morgan fingerprint density at radius 3 is 2.13 bits per heavy atom. The summed E-state index contributed by atoms with van der Waals surface area (Å²) in [5, 5.41) is 47.4. The van der Waals surface area contributed by atoms with Crippen LogP contribution in [0.5, 0.6) is 0 Å². The summed E-state index contributed by atoms with van der Waals surface area (Å²) in [4.78, 5) is 42.3. The summed E-state index contributed by atoms with van der Waals surface area (Å²) >= 11 is 4.61. The van der Waals surface area contributed by atoms with Gasteiger partial charge in [0.25, 0.3) is 0 Å². The van der Waals surface area contributed by atoms with E-state index in [-0.39, 0.29) is 66.2 Å². The van der Waals surface area contributed by atoms with Crippen LogP contribution in [0, 0.1) is 31.6 Å². The molecule has 242 valence electrons. The zero-order valence-electron chi connectivity index (χ0n) is 26.1. The predicted octanol–water partition coefficient (Wildman–Crippen LogP) is 3.09. The number of carboxylic acid groups (broad SMARTS) is 2. The van der Waals surface area contributed by atoms with Crippen LogP contribution in [-0.2, 0) is 27.2 Å². The second-order valence-corrected chi connectivity index (χ2v) is 12.8. The highest BCUT2D eigenvalue weighted by atomic mass is 32.1. The van der Waals surface area contributed by atoms with Crippen LogP contribution in [0.25, 0.3) is 17.9 Å². The molecule has 1 fully saturated rings. The molecule has 0 spiro atoms. The average Bonchev–Trinajstić information content (AvgIpc) is 3.62. The number of thiol groups is 1. The molecule has 0 aromatic carbocycles. The lowest BCUT2D eigenvalue weighted by molar-refractivity contribution is -0.138. The number of hydrogen-bond acceptors (Lipinski definition) is 7. The van der Waals surface area contributed by atoms with Crippen molar-refractivity contribution in [1.82, 2.24) is 20.6 Å². The highest BCUT2D eigenvalue weighted by Gasteiger charge is 2.38. The number of aromatic nitrogens is 2. The van der Waals surface area contributed by atoms with E-state index in [0.717, 1.165) is 16.8 Å². The van der Waals surface area contributed by atoms with E-state index in [1.54, 1.807) is 13.0 Å². The Bertz CT molecular complexity index is 1730. The summed E-state index contributed by atoms with van der Waals surface area (Å²) in [5.74, 6) is -2.79. The molecule has 0 bridgehead atoms. The number of aliphatic carboxylic acids is 2. The van der Waals surface area contributed by atoms with Gasteiger partial charge in [-0.25, -0.2) is 0 Å². The largest absolute Gasteiger partial charge is 0.508 e. The van der Waals surface area contributed by atoms with Gasteiger partial charge >= 0.3 is 11.9 Å². The minimum Gasteiger partial charge on any atom is -0.508 e.